The number of hydrogen-bond donors (Lipinski definition) is 0. The molecule has 0 unspecified atom stereocenters. The molecule has 1 saturated heterocycles. The molecule has 4 aromatic rings. The molecule has 0 N–H and O–H groups in total. The van der Waals surface area contributed by atoms with Crippen LogP contribution in [-0.2, 0) is 4.79 Å². The van der Waals surface area contributed by atoms with Crippen molar-refractivity contribution in [2.45, 2.75) is 12.8 Å². The second kappa shape index (κ2) is 6.98. The van der Waals surface area contributed by atoms with Crippen molar-refractivity contribution in [1.29, 1.82) is 0 Å². The number of carbonyl (C=O) groups excluding carboxylic acids is 2. The minimum absolute atomic E-state index is 0.110. The molecule has 0 atom stereocenters. The molecule has 1 amide bonds. The van der Waals surface area contributed by atoms with Crippen LogP contribution in [0.25, 0.3) is 16.9 Å². The Morgan fingerprint density at radius 1 is 1.00 bits per heavy atom. The van der Waals surface area contributed by atoms with Crippen LogP contribution in [0.4, 0.5) is 5.69 Å². The van der Waals surface area contributed by atoms with E-state index < -0.39 is 0 Å². The van der Waals surface area contributed by atoms with Gasteiger partial charge in [-0.15, -0.1) is 0 Å². The highest BCUT2D eigenvalue weighted by molar-refractivity contribution is 6.12. The lowest BCUT2D eigenvalue weighted by molar-refractivity contribution is -0.117. The summed E-state index contributed by atoms with van der Waals surface area (Å²) in [7, 11) is 0. The summed E-state index contributed by atoms with van der Waals surface area (Å²) in [6.07, 6.45) is 4.72. The molecule has 29 heavy (non-hydrogen) atoms. The molecular weight excluding hydrogens is 364 g/mol. The zero-order valence-electron chi connectivity index (χ0n) is 15.7. The van der Waals surface area contributed by atoms with E-state index in [0.29, 0.717) is 23.2 Å². The summed E-state index contributed by atoms with van der Waals surface area (Å²) < 4.78 is 1.68. The van der Waals surface area contributed by atoms with Gasteiger partial charge in [0.1, 0.15) is 0 Å². The number of rotatable bonds is 4. The van der Waals surface area contributed by atoms with Crippen LogP contribution in [0, 0.1) is 0 Å². The van der Waals surface area contributed by atoms with Gasteiger partial charge in [0.05, 0.1) is 17.5 Å². The molecule has 5 rings (SSSR count). The lowest BCUT2D eigenvalue weighted by Crippen LogP contribution is -2.23. The van der Waals surface area contributed by atoms with Crippen LogP contribution >= 0.6 is 0 Å². The molecule has 6 nitrogen and oxygen atoms in total. The Kier molecular flexibility index (Phi) is 4.17. The predicted octanol–water partition coefficient (Wildman–Crippen LogP) is 3.75. The summed E-state index contributed by atoms with van der Waals surface area (Å²) in [4.78, 5) is 31.2. The largest absolute Gasteiger partial charge is 0.312 e. The first-order valence-electron chi connectivity index (χ1n) is 9.56. The lowest BCUT2D eigenvalue weighted by atomic mass is 10.1. The average molecular weight is 382 g/mol. The molecule has 0 bridgehead atoms. The summed E-state index contributed by atoms with van der Waals surface area (Å²) in [5, 5.41) is 4.44. The van der Waals surface area contributed by atoms with Crippen LogP contribution in [0.2, 0.25) is 0 Å². The Labute approximate surface area is 167 Å². The smallest absolute Gasteiger partial charge is 0.227 e. The summed E-state index contributed by atoms with van der Waals surface area (Å²) in [6, 6.07) is 18.8. The summed E-state index contributed by atoms with van der Waals surface area (Å²) in [5.74, 6) is 0.0403. The van der Waals surface area contributed by atoms with Crippen molar-refractivity contribution >= 4 is 23.0 Å². The van der Waals surface area contributed by atoms with E-state index >= 15 is 0 Å². The van der Waals surface area contributed by atoms with Crippen molar-refractivity contribution in [2.75, 3.05) is 11.4 Å². The molecule has 1 aliphatic rings. The van der Waals surface area contributed by atoms with E-state index in [0.717, 1.165) is 29.9 Å². The van der Waals surface area contributed by atoms with Gasteiger partial charge in [-0.05, 0) is 24.6 Å². The van der Waals surface area contributed by atoms with E-state index in [-0.39, 0.29) is 11.7 Å². The maximum Gasteiger partial charge on any atom is 0.227 e. The Morgan fingerprint density at radius 3 is 2.66 bits per heavy atom. The van der Waals surface area contributed by atoms with E-state index in [2.05, 4.69) is 10.1 Å². The van der Waals surface area contributed by atoms with E-state index in [9.17, 15) is 9.59 Å². The van der Waals surface area contributed by atoms with Crippen molar-refractivity contribution in [3.63, 3.8) is 0 Å². The number of amides is 1. The van der Waals surface area contributed by atoms with E-state index in [1.165, 1.54) is 0 Å². The highest BCUT2D eigenvalue weighted by Gasteiger charge is 2.22. The van der Waals surface area contributed by atoms with Gasteiger partial charge >= 0.3 is 0 Å². The third-order valence-corrected chi connectivity index (χ3v) is 5.21. The third kappa shape index (κ3) is 2.99. The molecule has 0 aliphatic carbocycles. The number of nitrogens with zero attached hydrogens (tertiary/aromatic N) is 4. The number of fused-ring (bicyclic) bond motifs is 1. The highest BCUT2D eigenvalue weighted by atomic mass is 16.2. The van der Waals surface area contributed by atoms with Gasteiger partial charge < -0.3 is 4.90 Å². The van der Waals surface area contributed by atoms with Crippen molar-refractivity contribution in [1.82, 2.24) is 14.6 Å². The normalized spacial score (nSPS) is 13.9. The first kappa shape index (κ1) is 17.3. The second-order valence-electron chi connectivity index (χ2n) is 7.02. The Morgan fingerprint density at radius 2 is 1.86 bits per heavy atom. The highest BCUT2D eigenvalue weighted by Crippen LogP contribution is 2.28. The number of anilines is 1. The van der Waals surface area contributed by atoms with Crippen molar-refractivity contribution in [3.8, 4) is 11.3 Å². The molecule has 3 heterocycles. The monoisotopic (exact) mass is 382 g/mol. The van der Waals surface area contributed by atoms with Crippen LogP contribution in [0.5, 0.6) is 0 Å². The van der Waals surface area contributed by atoms with Crippen LogP contribution in [-0.4, -0.2) is 32.8 Å². The standard InChI is InChI=1S/C23H18N4O2/c28-21-10-5-13-26(21)18-9-4-8-17(14-18)20-11-12-24-23-19(15-25-27(20)23)22(29)16-6-2-1-3-7-16/h1-4,6-9,11-12,14-15H,5,10,13H2. The molecule has 0 spiro atoms. The zero-order valence-corrected chi connectivity index (χ0v) is 15.7. The molecule has 0 radical (unpaired) electrons. The van der Waals surface area contributed by atoms with Crippen LogP contribution in [0.15, 0.2) is 73.1 Å². The maximum atomic E-state index is 12.9. The van der Waals surface area contributed by atoms with Crippen molar-refractivity contribution in [2.24, 2.45) is 0 Å². The van der Waals surface area contributed by atoms with Gasteiger partial charge in [-0.3, -0.25) is 9.59 Å². The Hall–Kier alpha value is -3.80. The summed E-state index contributed by atoms with van der Waals surface area (Å²) >= 11 is 0. The number of aromatic nitrogens is 3. The van der Waals surface area contributed by atoms with Gasteiger partial charge in [-0.2, -0.15) is 5.10 Å². The van der Waals surface area contributed by atoms with Crippen molar-refractivity contribution in [3.05, 3.63) is 84.2 Å². The van der Waals surface area contributed by atoms with E-state index in [1.807, 2.05) is 53.4 Å². The zero-order chi connectivity index (χ0) is 19.8. The maximum absolute atomic E-state index is 12.9. The lowest BCUT2D eigenvalue weighted by Gasteiger charge is -2.16. The number of carbonyl (C=O) groups is 2. The van der Waals surface area contributed by atoms with Gasteiger partial charge in [0, 0.05) is 36.0 Å². The molecule has 142 valence electrons. The van der Waals surface area contributed by atoms with Crippen LogP contribution in [0.1, 0.15) is 28.8 Å². The molecule has 2 aromatic carbocycles. The number of benzene rings is 2. The first-order valence-corrected chi connectivity index (χ1v) is 9.56. The molecule has 1 fully saturated rings. The van der Waals surface area contributed by atoms with Gasteiger partial charge in [-0.25, -0.2) is 9.50 Å². The Balaban J connectivity index is 1.58. The Bertz CT molecular complexity index is 1230. The fourth-order valence-corrected chi connectivity index (χ4v) is 3.77. The van der Waals surface area contributed by atoms with Gasteiger partial charge in [0.15, 0.2) is 11.4 Å². The third-order valence-electron chi connectivity index (χ3n) is 5.21. The number of ketones is 1. The topological polar surface area (TPSA) is 67.6 Å². The molecule has 6 heteroatoms. The molecule has 1 aliphatic heterocycles. The quantitative estimate of drug-likeness (QED) is 0.504. The van der Waals surface area contributed by atoms with E-state index in [4.69, 9.17) is 0 Å². The second-order valence-corrected chi connectivity index (χ2v) is 7.02. The fourth-order valence-electron chi connectivity index (χ4n) is 3.77. The minimum atomic E-state index is -0.110. The van der Waals surface area contributed by atoms with Crippen molar-refractivity contribution < 1.29 is 9.59 Å². The minimum Gasteiger partial charge on any atom is -0.312 e. The average Bonchev–Trinajstić information content (AvgIpc) is 3.40. The summed E-state index contributed by atoms with van der Waals surface area (Å²) in [6.45, 7) is 0.742. The summed E-state index contributed by atoms with van der Waals surface area (Å²) in [5.41, 5.74) is 4.18. The molecule has 2 aromatic heterocycles. The fraction of sp³-hybridized carbons (Fsp3) is 0.130. The van der Waals surface area contributed by atoms with Gasteiger partial charge in [0.2, 0.25) is 5.91 Å². The van der Waals surface area contributed by atoms with Gasteiger partial charge in [0.25, 0.3) is 0 Å². The first-order chi connectivity index (χ1) is 14.2. The molecular formula is C23H18N4O2. The number of hydrogen-bond acceptors (Lipinski definition) is 4. The van der Waals surface area contributed by atoms with E-state index in [1.54, 1.807) is 29.0 Å². The van der Waals surface area contributed by atoms with Crippen LogP contribution in [0.3, 0.4) is 0 Å². The molecule has 0 saturated carbocycles. The predicted molar refractivity (Wildman–Crippen MR) is 110 cm³/mol. The SMILES string of the molecule is O=C(c1ccccc1)c1cnn2c(-c3cccc(N4CCCC4=O)c3)ccnc12. The van der Waals surface area contributed by atoms with Crippen LogP contribution < -0.4 is 4.90 Å². The van der Waals surface area contributed by atoms with Gasteiger partial charge in [-0.1, -0.05) is 42.5 Å².